The van der Waals surface area contributed by atoms with Gasteiger partial charge in [0.2, 0.25) is 0 Å². The fraction of sp³-hybridized carbons (Fsp3) is 0.375. The van der Waals surface area contributed by atoms with Gasteiger partial charge in [-0.1, -0.05) is 24.3 Å². The Morgan fingerprint density at radius 2 is 2.05 bits per heavy atom. The maximum Gasteiger partial charge on any atom is 0.190 e. The van der Waals surface area contributed by atoms with E-state index in [9.17, 15) is 4.79 Å². The van der Waals surface area contributed by atoms with Crippen LogP contribution in [0.25, 0.3) is 10.8 Å². The molecule has 104 valence electrons. The van der Waals surface area contributed by atoms with Crippen molar-refractivity contribution in [2.24, 2.45) is 0 Å². The first-order valence-corrected chi connectivity index (χ1v) is 7.03. The topological polar surface area (TPSA) is 51.2 Å². The Kier molecular flexibility index (Phi) is 4.04. The molecule has 1 saturated heterocycles. The minimum Gasteiger partial charge on any atom is -0.370 e. The predicted octanol–water partition coefficient (Wildman–Crippen LogP) is 2.19. The van der Waals surface area contributed by atoms with Gasteiger partial charge in [0.1, 0.15) is 6.61 Å². The standard InChI is InChI=1S/C16H18N2O2/c19-16(11-20-13-5-7-17-8-6-13)15-10-18-9-12-3-1-2-4-14(12)15/h1-4,9-10,13,17H,5-8,11H2. The quantitative estimate of drug-likeness (QED) is 0.865. The maximum absolute atomic E-state index is 12.3. The van der Waals surface area contributed by atoms with Crippen molar-refractivity contribution in [2.45, 2.75) is 18.9 Å². The smallest absolute Gasteiger partial charge is 0.190 e. The van der Waals surface area contributed by atoms with Crippen molar-refractivity contribution < 1.29 is 9.53 Å². The van der Waals surface area contributed by atoms with Gasteiger partial charge < -0.3 is 10.1 Å². The molecule has 4 nitrogen and oxygen atoms in total. The van der Waals surface area contributed by atoms with Gasteiger partial charge >= 0.3 is 0 Å². The molecule has 1 N–H and O–H groups in total. The lowest BCUT2D eigenvalue weighted by Gasteiger charge is -2.22. The Labute approximate surface area is 118 Å². The summed E-state index contributed by atoms with van der Waals surface area (Å²) in [4.78, 5) is 16.5. The average molecular weight is 270 g/mol. The largest absolute Gasteiger partial charge is 0.370 e. The number of hydrogen-bond acceptors (Lipinski definition) is 4. The SMILES string of the molecule is O=C(COC1CCNCC1)c1cncc2ccccc12. The molecule has 1 aromatic carbocycles. The average Bonchev–Trinajstić information content (AvgIpc) is 2.53. The van der Waals surface area contributed by atoms with E-state index in [4.69, 9.17) is 4.74 Å². The van der Waals surface area contributed by atoms with E-state index in [-0.39, 0.29) is 18.5 Å². The fourth-order valence-electron chi connectivity index (χ4n) is 2.57. The minimum atomic E-state index is 0.00725. The van der Waals surface area contributed by atoms with Crippen LogP contribution in [0.2, 0.25) is 0 Å². The van der Waals surface area contributed by atoms with E-state index in [2.05, 4.69) is 10.3 Å². The van der Waals surface area contributed by atoms with Crippen LogP contribution in [0.3, 0.4) is 0 Å². The highest BCUT2D eigenvalue weighted by Crippen LogP contribution is 2.18. The lowest BCUT2D eigenvalue weighted by Crippen LogP contribution is -2.33. The number of fused-ring (bicyclic) bond motifs is 1. The van der Waals surface area contributed by atoms with E-state index in [1.54, 1.807) is 12.4 Å². The van der Waals surface area contributed by atoms with Gasteiger partial charge in [0, 0.05) is 23.3 Å². The molecule has 4 heteroatoms. The summed E-state index contributed by atoms with van der Waals surface area (Å²) in [5.74, 6) is 0.00725. The van der Waals surface area contributed by atoms with Crippen LogP contribution in [0.4, 0.5) is 0 Å². The third-order valence-electron chi connectivity index (χ3n) is 3.70. The van der Waals surface area contributed by atoms with E-state index in [0.717, 1.165) is 36.7 Å². The summed E-state index contributed by atoms with van der Waals surface area (Å²) in [5.41, 5.74) is 0.650. The van der Waals surface area contributed by atoms with Gasteiger partial charge in [-0.2, -0.15) is 0 Å². The Hall–Kier alpha value is -1.78. The molecule has 0 radical (unpaired) electrons. The number of nitrogens with zero attached hydrogens (tertiary/aromatic N) is 1. The summed E-state index contributed by atoms with van der Waals surface area (Å²) in [7, 11) is 0. The molecule has 0 saturated carbocycles. The molecule has 0 unspecified atom stereocenters. The molecule has 3 rings (SSSR count). The molecule has 0 amide bonds. The van der Waals surface area contributed by atoms with Crippen molar-refractivity contribution in [3.63, 3.8) is 0 Å². The van der Waals surface area contributed by atoms with Gasteiger partial charge in [0.25, 0.3) is 0 Å². The van der Waals surface area contributed by atoms with E-state index >= 15 is 0 Å². The molecule has 0 bridgehead atoms. The molecule has 0 atom stereocenters. The number of Topliss-reactive ketones (excluding diaryl/α,β-unsaturated/α-hetero) is 1. The number of rotatable bonds is 4. The Bertz CT molecular complexity index is 601. The zero-order valence-electron chi connectivity index (χ0n) is 11.3. The van der Waals surface area contributed by atoms with Gasteiger partial charge in [0.15, 0.2) is 5.78 Å². The Morgan fingerprint density at radius 1 is 1.25 bits per heavy atom. The van der Waals surface area contributed by atoms with E-state index < -0.39 is 0 Å². The maximum atomic E-state index is 12.3. The predicted molar refractivity (Wildman–Crippen MR) is 77.9 cm³/mol. The van der Waals surface area contributed by atoms with Crippen LogP contribution in [0.15, 0.2) is 36.7 Å². The molecule has 2 aromatic rings. The molecule has 1 aliphatic heterocycles. The zero-order chi connectivity index (χ0) is 13.8. The monoisotopic (exact) mass is 270 g/mol. The van der Waals surface area contributed by atoms with E-state index in [1.165, 1.54) is 0 Å². The highest BCUT2D eigenvalue weighted by Gasteiger charge is 2.16. The summed E-state index contributed by atoms with van der Waals surface area (Å²) >= 11 is 0. The number of aromatic nitrogens is 1. The molecule has 1 fully saturated rings. The van der Waals surface area contributed by atoms with E-state index in [1.807, 2.05) is 24.3 Å². The second kappa shape index (κ2) is 6.11. The van der Waals surface area contributed by atoms with Gasteiger partial charge in [-0.05, 0) is 31.3 Å². The lowest BCUT2D eigenvalue weighted by atomic mass is 10.0. The Balaban J connectivity index is 1.72. The molecule has 1 aliphatic rings. The van der Waals surface area contributed by atoms with Crippen molar-refractivity contribution in [1.29, 1.82) is 0 Å². The van der Waals surface area contributed by atoms with Gasteiger partial charge in [0.05, 0.1) is 6.10 Å². The van der Waals surface area contributed by atoms with Crippen molar-refractivity contribution in [3.05, 3.63) is 42.2 Å². The first-order chi connectivity index (χ1) is 9.84. The molecule has 2 heterocycles. The molecule has 0 spiro atoms. The van der Waals surface area contributed by atoms with Gasteiger partial charge in [-0.15, -0.1) is 0 Å². The second-order valence-electron chi connectivity index (χ2n) is 5.09. The summed E-state index contributed by atoms with van der Waals surface area (Å²) in [6.07, 6.45) is 5.56. The normalized spacial score (nSPS) is 16.4. The fourth-order valence-corrected chi connectivity index (χ4v) is 2.57. The summed E-state index contributed by atoms with van der Waals surface area (Å²) in [6, 6.07) is 7.80. The van der Waals surface area contributed by atoms with Crippen molar-refractivity contribution in [1.82, 2.24) is 10.3 Å². The third-order valence-corrected chi connectivity index (χ3v) is 3.70. The van der Waals surface area contributed by atoms with Crippen LogP contribution in [0, 0.1) is 0 Å². The number of carbonyl (C=O) groups excluding carboxylic acids is 1. The second-order valence-corrected chi connectivity index (χ2v) is 5.09. The van der Waals surface area contributed by atoms with Crippen LogP contribution < -0.4 is 5.32 Å². The van der Waals surface area contributed by atoms with Crippen molar-refractivity contribution >= 4 is 16.6 Å². The number of hydrogen-bond donors (Lipinski definition) is 1. The van der Waals surface area contributed by atoms with Crippen LogP contribution in [-0.4, -0.2) is 36.6 Å². The zero-order valence-corrected chi connectivity index (χ0v) is 11.3. The molecule has 20 heavy (non-hydrogen) atoms. The number of carbonyl (C=O) groups is 1. The van der Waals surface area contributed by atoms with Crippen LogP contribution in [-0.2, 0) is 4.74 Å². The Morgan fingerprint density at radius 3 is 2.90 bits per heavy atom. The van der Waals surface area contributed by atoms with Crippen molar-refractivity contribution in [2.75, 3.05) is 19.7 Å². The number of nitrogens with one attached hydrogen (secondary N) is 1. The highest BCUT2D eigenvalue weighted by molar-refractivity contribution is 6.08. The summed E-state index contributed by atoms with van der Waals surface area (Å²) in [6.45, 7) is 2.07. The molecule has 0 aliphatic carbocycles. The third kappa shape index (κ3) is 2.86. The highest BCUT2D eigenvalue weighted by atomic mass is 16.5. The van der Waals surface area contributed by atoms with Crippen LogP contribution >= 0.6 is 0 Å². The number of pyridine rings is 1. The number of ketones is 1. The number of piperidine rings is 1. The summed E-state index contributed by atoms with van der Waals surface area (Å²) < 4.78 is 5.73. The van der Waals surface area contributed by atoms with Gasteiger partial charge in [-0.3, -0.25) is 9.78 Å². The van der Waals surface area contributed by atoms with Crippen molar-refractivity contribution in [3.8, 4) is 0 Å². The number of ether oxygens (including phenoxy) is 1. The van der Waals surface area contributed by atoms with E-state index in [0.29, 0.717) is 5.56 Å². The first-order valence-electron chi connectivity index (χ1n) is 7.03. The summed E-state index contributed by atoms with van der Waals surface area (Å²) in [5, 5.41) is 5.22. The molecular weight excluding hydrogens is 252 g/mol. The molecular formula is C16H18N2O2. The number of benzene rings is 1. The lowest BCUT2D eigenvalue weighted by molar-refractivity contribution is 0.0318. The van der Waals surface area contributed by atoms with Crippen LogP contribution in [0.5, 0.6) is 0 Å². The molecule has 1 aromatic heterocycles. The minimum absolute atomic E-state index is 0.00725. The van der Waals surface area contributed by atoms with Crippen LogP contribution in [0.1, 0.15) is 23.2 Å². The first kappa shape index (κ1) is 13.2. The van der Waals surface area contributed by atoms with Gasteiger partial charge in [-0.25, -0.2) is 0 Å².